The van der Waals surface area contributed by atoms with Crippen LogP contribution in [-0.4, -0.2) is 32.4 Å². The molecule has 146 valence electrons. The lowest BCUT2D eigenvalue weighted by molar-refractivity contribution is 0.0930. The molecule has 8 nitrogen and oxygen atoms in total. The van der Waals surface area contributed by atoms with Crippen molar-refractivity contribution in [1.29, 1.82) is 0 Å². The van der Waals surface area contributed by atoms with Crippen LogP contribution in [0.25, 0.3) is 5.52 Å². The van der Waals surface area contributed by atoms with Crippen molar-refractivity contribution in [2.45, 2.75) is 51.5 Å². The molecular formula is C20H23N5O3. The maximum atomic E-state index is 12.9. The number of nitrogens with zero attached hydrogens (tertiary/aromatic N) is 3. The number of amides is 2. The molecule has 0 aromatic carbocycles. The Kier molecular flexibility index (Phi) is 5.10. The van der Waals surface area contributed by atoms with Crippen LogP contribution in [0.3, 0.4) is 0 Å². The highest BCUT2D eigenvalue weighted by Crippen LogP contribution is 2.19. The van der Waals surface area contributed by atoms with Crippen LogP contribution >= 0.6 is 0 Å². The van der Waals surface area contributed by atoms with E-state index in [9.17, 15) is 9.59 Å². The van der Waals surface area contributed by atoms with E-state index in [1.165, 1.54) is 12.8 Å². The molecule has 3 aromatic heterocycles. The summed E-state index contributed by atoms with van der Waals surface area (Å²) in [5.74, 6) is 0.323. The fraction of sp³-hybridized carbons (Fsp3) is 0.400. The van der Waals surface area contributed by atoms with Crippen LogP contribution in [0.5, 0.6) is 0 Å². The third-order valence-corrected chi connectivity index (χ3v) is 5.03. The van der Waals surface area contributed by atoms with Crippen molar-refractivity contribution in [1.82, 2.24) is 19.9 Å². The second-order valence-electron chi connectivity index (χ2n) is 7.18. The Morgan fingerprint density at radius 3 is 2.64 bits per heavy atom. The molecule has 1 aliphatic carbocycles. The molecule has 1 fully saturated rings. The van der Waals surface area contributed by atoms with Crippen molar-refractivity contribution < 1.29 is 14.1 Å². The molecule has 0 spiro atoms. The van der Waals surface area contributed by atoms with E-state index < -0.39 is 5.91 Å². The first-order valence-corrected chi connectivity index (χ1v) is 9.64. The molecular weight excluding hydrogens is 358 g/mol. The van der Waals surface area contributed by atoms with Gasteiger partial charge in [-0.05, 0) is 31.9 Å². The Morgan fingerprint density at radius 2 is 1.93 bits per heavy atom. The number of rotatable bonds is 4. The minimum Gasteiger partial charge on any atom is -0.360 e. The van der Waals surface area contributed by atoms with Crippen molar-refractivity contribution in [2.75, 3.05) is 5.32 Å². The van der Waals surface area contributed by atoms with Gasteiger partial charge in [-0.25, -0.2) is 4.98 Å². The maximum absolute atomic E-state index is 12.9. The summed E-state index contributed by atoms with van der Waals surface area (Å²) in [6.45, 7) is 1.74. The van der Waals surface area contributed by atoms with E-state index in [0.29, 0.717) is 17.1 Å². The number of carbonyl (C=O) groups is 2. The molecule has 0 saturated heterocycles. The number of aromatic nitrogens is 3. The number of pyridine rings is 1. The van der Waals surface area contributed by atoms with Crippen molar-refractivity contribution in [3.05, 3.63) is 47.7 Å². The van der Waals surface area contributed by atoms with Gasteiger partial charge in [0.2, 0.25) is 5.82 Å². The molecule has 0 bridgehead atoms. The Balaban J connectivity index is 1.60. The molecule has 1 saturated carbocycles. The van der Waals surface area contributed by atoms with Gasteiger partial charge < -0.3 is 15.2 Å². The number of aryl methyl sites for hydroxylation is 1. The number of nitrogens with one attached hydrogen (secondary N) is 2. The summed E-state index contributed by atoms with van der Waals surface area (Å²) in [5.41, 5.74) is 0.849. The van der Waals surface area contributed by atoms with E-state index in [1.54, 1.807) is 35.7 Å². The molecule has 4 rings (SSSR count). The van der Waals surface area contributed by atoms with Gasteiger partial charge in [0.1, 0.15) is 5.76 Å². The topological polar surface area (TPSA) is 102 Å². The Morgan fingerprint density at radius 1 is 1.14 bits per heavy atom. The lowest BCUT2D eigenvalue weighted by Gasteiger charge is -2.15. The second kappa shape index (κ2) is 7.84. The van der Waals surface area contributed by atoms with Gasteiger partial charge in [-0.15, -0.1) is 0 Å². The van der Waals surface area contributed by atoms with Crippen molar-refractivity contribution in [2.24, 2.45) is 0 Å². The highest BCUT2D eigenvalue weighted by Gasteiger charge is 2.24. The predicted octanol–water partition coefficient (Wildman–Crippen LogP) is 3.34. The SMILES string of the molecule is Cc1cc(NC(=O)c2nc(C(=O)NC3CCCCCC3)c3ccccn23)no1. The summed E-state index contributed by atoms with van der Waals surface area (Å²) in [4.78, 5) is 30.0. The lowest BCUT2D eigenvalue weighted by Crippen LogP contribution is -2.34. The maximum Gasteiger partial charge on any atom is 0.293 e. The van der Waals surface area contributed by atoms with Gasteiger partial charge in [0.25, 0.3) is 11.8 Å². The van der Waals surface area contributed by atoms with Gasteiger partial charge in [0.15, 0.2) is 11.5 Å². The molecule has 0 atom stereocenters. The molecule has 2 N–H and O–H groups in total. The molecule has 28 heavy (non-hydrogen) atoms. The van der Waals surface area contributed by atoms with Crippen LogP contribution in [0.1, 0.15) is 65.4 Å². The molecule has 1 aliphatic rings. The molecule has 0 unspecified atom stereocenters. The molecule has 8 heteroatoms. The molecule has 3 aromatic rings. The van der Waals surface area contributed by atoms with Crippen molar-refractivity contribution >= 4 is 23.1 Å². The van der Waals surface area contributed by atoms with Crippen LogP contribution in [0.2, 0.25) is 0 Å². The third kappa shape index (κ3) is 3.76. The highest BCUT2D eigenvalue weighted by molar-refractivity contribution is 6.05. The summed E-state index contributed by atoms with van der Waals surface area (Å²) < 4.78 is 6.59. The van der Waals surface area contributed by atoms with Gasteiger partial charge in [-0.1, -0.05) is 36.9 Å². The van der Waals surface area contributed by atoms with E-state index in [0.717, 1.165) is 25.7 Å². The van der Waals surface area contributed by atoms with E-state index >= 15 is 0 Å². The van der Waals surface area contributed by atoms with E-state index in [4.69, 9.17) is 4.52 Å². The second-order valence-corrected chi connectivity index (χ2v) is 7.18. The Bertz CT molecular complexity index is 998. The number of hydrogen-bond donors (Lipinski definition) is 2. The van der Waals surface area contributed by atoms with Gasteiger partial charge in [0.05, 0.1) is 5.52 Å². The summed E-state index contributed by atoms with van der Waals surface area (Å²) in [6, 6.07) is 7.17. The number of fused-ring (bicyclic) bond motifs is 1. The average Bonchev–Trinajstić information content (AvgIpc) is 3.17. The fourth-order valence-corrected chi connectivity index (χ4v) is 3.64. The Labute approximate surface area is 162 Å². The van der Waals surface area contributed by atoms with Crippen LogP contribution in [0.15, 0.2) is 35.0 Å². The summed E-state index contributed by atoms with van der Waals surface area (Å²) in [5, 5.41) is 9.52. The molecule has 2 amide bonds. The zero-order valence-corrected chi connectivity index (χ0v) is 15.8. The number of hydrogen-bond acceptors (Lipinski definition) is 5. The first-order chi connectivity index (χ1) is 13.6. The van der Waals surface area contributed by atoms with Crippen molar-refractivity contribution in [3.8, 4) is 0 Å². The van der Waals surface area contributed by atoms with Crippen molar-refractivity contribution in [3.63, 3.8) is 0 Å². The highest BCUT2D eigenvalue weighted by atomic mass is 16.5. The minimum atomic E-state index is -0.456. The van der Waals surface area contributed by atoms with Crippen LogP contribution in [-0.2, 0) is 0 Å². The van der Waals surface area contributed by atoms with E-state index in [1.807, 2.05) is 6.07 Å². The fourth-order valence-electron chi connectivity index (χ4n) is 3.64. The number of anilines is 1. The monoisotopic (exact) mass is 381 g/mol. The number of carbonyl (C=O) groups excluding carboxylic acids is 2. The van der Waals surface area contributed by atoms with Crippen LogP contribution in [0, 0.1) is 6.92 Å². The quantitative estimate of drug-likeness (QED) is 0.675. The zero-order chi connectivity index (χ0) is 19.5. The summed E-state index contributed by atoms with van der Waals surface area (Å²) in [6.07, 6.45) is 8.36. The van der Waals surface area contributed by atoms with Gasteiger partial charge in [-0.3, -0.25) is 14.0 Å². The third-order valence-electron chi connectivity index (χ3n) is 5.03. The molecule has 0 radical (unpaired) electrons. The summed E-state index contributed by atoms with van der Waals surface area (Å²) >= 11 is 0. The summed E-state index contributed by atoms with van der Waals surface area (Å²) in [7, 11) is 0. The minimum absolute atomic E-state index is 0.127. The predicted molar refractivity (Wildman–Crippen MR) is 103 cm³/mol. The van der Waals surface area contributed by atoms with Gasteiger partial charge >= 0.3 is 0 Å². The molecule has 3 heterocycles. The smallest absolute Gasteiger partial charge is 0.293 e. The Hall–Kier alpha value is -3.16. The largest absolute Gasteiger partial charge is 0.360 e. The first kappa shape index (κ1) is 18.2. The first-order valence-electron chi connectivity index (χ1n) is 9.64. The molecule has 0 aliphatic heterocycles. The average molecular weight is 381 g/mol. The van der Waals surface area contributed by atoms with E-state index in [-0.39, 0.29) is 23.5 Å². The van der Waals surface area contributed by atoms with E-state index in [2.05, 4.69) is 20.8 Å². The number of imidazole rings is 1. The van der Waals surface area contributed by atoms with Crippen LogP contribution in [0.4, 0.5) is 5.82 Å². The lowest BCUT2D eigenvalue weighted by atomic mass is 10.1. The van der Waals surface area contributed by atoms with Crippen LogP contribution < -0.4 is 10.6 Å². The van der Waals surface area contributed by atoms with Gasteiger partial charge in [0, 0.05) is 18.3 Å². The normalized spacial score (nSPS) is 15.3. The standard InChI is InChI=1S/C20H23N5O3/c1-13-12-16(24-28-13)22-20(27)18-23-17(15-10-6-7-11-25(15)18)19(26)21-14-8-4-2-3-5-9-14/h6-7,10-12,14H,2-5,8-9H2,1H3,(H,21,26)(H,22,24,27). The van der Waals surface area contributed by atoms with Gasteiger partial charge in [-0.2, -0.15) is 0 Å². The zero-order valence-electron chi connectivity index (χ0n) is 15.8.